The molecule has 0 bridgehead atoms. The third kappa shape index (κ3) is 6.92. The van der Waals surface area contributed by atoms with Gasteiger partial charge in [-0.3, -0.25) is 9.59 Å². The maximum atomic E-state index is 10.9. The molecular formula is C16H22O4. The molecule has 1 aromatic carbocycles. The monoisotopic (exact) mass is 278 g/mol. The number of aliphatic carboxylic acids is 2. The topological polar surface area (TPSA) is 74.6 Å². The second kappa shape index (κ2) is 9.13. The van der Waals surface area contributed by atoms with Crippen LogP contribution in [0.2, 0.25) is 0 Å². The Kier molecular flexibility index (Phi) is 7.40. The molecule has 0 aliphatic heterocycles. The van der Waals surface area contributed by atoms with E-state index in [1.807, 2.05) is 30.3 Å². The molecule has 0 fully saturated rings. The van der Waals surface area contributed by atoms with Gasteiger partial charge in [-0.15, -0.1) is 0 Å². The lowest BCUT2D eigenvalue weighted by atomic mass is 9.90. The molecule has 1 aromatic rings. The van der Waals surface area contributed by atoms with Crippen molar-refractivity contribution in [3.63, 3.8) is 0 Å². The first-order valence-electron chi connectivity index (χ1n) is 7.08. The first kappa shape index (κ1) is 16.2. The summed E-state index contributed by atoms with van der Waals surface area (Å²) in [7, 11) is 0. The van der Waals surface area contributed by atoms with Gasteiger partial charge in [0, 0.05) is 6.42 Å². The fourth-order valence-corrected chi connectivity index (χ4v) is 2.34. The van der Waals surface area contributed by atoms with E-state index in [2.05, 4.69) is 0 Å². The maximum Gasteiger partial charge on any atom is 0.303 e. The summed E-state index contributed by atoms with van der Waals surface area (Å²) in [4.78, 5) is 21.3. The van der Waals surface area contributed by atoms with Gasteiger partial charge in [-0.25, -0.2) is 0 Å². The molecule has 0 aromatic heterocycles. The Labute approximate surface area is 119 Å². The molecule has 0 amide bonds. The summed E-state index contributed by atoms with van der Waals surface area (Å²) in [5.74, 6) is -1.48. The Morgan fingerprint density at radius 1 is 0.900 bits per heavy atom. The summed E-state index contributed by atoms with van der Waals surface area (Å²) in [5.41, 5.74) is 1.07. The van der Waals surface area contributed by atoms with E-state index < -0.39 is 11.9 Å². The van der Waals surface area contributed by atoms with Crippen molar-refractivity contribution in [2.45, 2.75) is 50.9 Å². The van der Waals surface area contributed by atoms with Gasteiger partial charge in [0.1, 0.15) is 0 Å². The van der Waals surface area contributed by atoms with E-state index in [0.717, 1.165) is 31.2 Å². The first-order chi connectivity index (χ1) is 9.59. The van der Waals surface area contributed by atoms with E-state index >= 15 is 0 Å². The smallest absolute Gasteiger partial charge is 0.303 e. The molecule has 0 spiro atoms. The van der Waals surface area contributed by atoms with Gasteiger partial charge in [-0.05, 0) is 24.3 Å². The predicted molar refractivity (Wildman–Crippen MR) is 76.8 cm³/mol. The highest BCUT2D eigenvalue weighted by molar-refractivity contribution is 5.68. The minimum atomic E-state index is -0.773. The van der Waals surface area contributed by atoms with Crippen molar-refractivity contribution in [1.82, 2.24) is 0 Å². The lowest BCUT2D eigenvalue weighted by molar-refractivity contribution is -0.138. The zero-order chi connectivity index (χ0) is 14.8. The van der Waals surface area contributed by atoms with Crippen LogP contribution in [0.15, 0.2) is 30.3 Å². The van der Waals surface area contributed by atoms with Gasteiger partial charge in [0.25, 0.3) is 0 Å². The molecule has 110 valence electrons. The molecule has 1 unspecified atom stereocenters. The van der Waals surface area contributed by atoms with Crippen molar-refractivity contribution in [2.24, 2.45) is 0 Å². The van der Waals surface area contributed by atoms with E-state index in [4.69, 9.17) is 10.2 Å². The van der Waals surface area contributed by atoms with Crippen LogP contribution in [0, 0.1) is 0 Å². The van der Waals surface area contributed by atoms with Crippen LogP contribution >= 0.6 is 0 Å². The Morgan fingerprint density at radius 3 is 2.15 bits per heavy atom. The molecular weight excluding hydrogens is 256 g/mol. The van der Waals surface area contributed by atoms with Crippen molar-refractivity contribution in [2.75, 3.05) is 0 Å². The number of rotatable bonds is 10. The highest BCUT2D eigenvalue weighted by Gasteiger charge is 2.14. The van der Waals surface area contributed by atoms with Gasteiger partial charge in [-0.2, -0.15) is 0 Å². The molecule has 4 nitrogen and oxygen atoms in total. The lowest BCUT2D eigenvalue weighted by Gasteiger charge is -2.15. The number of hydrogen-bond acceptors (Lipinski definition) is 2. The van der Waals surface area contributed by atoms with Gasteiger partial charge in [0.05, 0.1) is 6.42 Å². The molecule has 4 heteroatoms. The van der Waals surface area contributed by atoms with Crippen LogP contribution in [0.25, 0.3) is 0 Å². The molecule has 0 radical (unpaired) electrons. The van der Waals surface area contributed by atoms with Crippen LogP contribution in [-0.2, 0) is 9.59 Å². The van der Waals surface area contributed by atoms with Crippen molar-refractivity contribution >= 4 is 11.9 Å². The van der Waals surface area contributed by atoms with Gasteiger partial charge in [0.2, 0.25) is 0 Å². The number of carboxylic acids is 2. The summed E-state index contributed by atoms with van der Waals surface area (Å²) >= 11 is 0. The largest absolute Gasteiger partial charge is 0.481 e. The van der Waals surface area contributed by atoms with Crippen LogP contribution in [0.3, 0.4) is 0 Å². The van der Waals surface area contributed by atoms with Crippen LogP contribution < -0.4 is 0 Å². The van der Waals surface area contributed by atoms with Gasteiger partial charge < -0.3 is 10.2 Å². The fourth-order valence-electron chi connectivity index (χ4n) is 2.34. The standard InChI is InChI=1S/C16H22O4/c17-15(18)11-7-2-1-4-10-14(12-16(19)20)13-8-5-3-6-9-13/h3,5-6,8-9,14H,1-2,4,7,10-12H2,(H,17,18)(H,19,20). The van der Waals surface area contributed by atoms with Crippen LogP contribution in [-0.4, -0.2) is 22.2 Å². The zero-order valence-electron chi connectivity index (χ0n) is 11.6. The Balaban J connectivity index is 2.35. The average Bonchev–Trinajstić information content (AvgIpc) is 2.41. The molecule has 1 atom stereocenters. The third-order valence-corrected chi connectivity index (χ3v) is 3.39. The van der Waals surface area contributed by atoms with E-state index in [1.54, 1.807) is 0 Å². The van der Waals surface area contributed by atoms with Crippen molar-refractivity contribution < 1.29 is 19.8 Å². The number of unbranched alkanes of at least 4 members (excludes halogenated alkanes) is 3. The number of carboxylic acid groups (broad SMARTS) is 2. The Hall–Kier alpha value is -1.84. The summed E-state index contributed by atoms with van der Waals surface area (Å²) in [6.07, 6.45) is 4.69. The van der Waals surface area contributed by atoms with Crippen LogP contribution in [0.5, 0.6) is 0 Å². The number of benzene rings is 1. The molecule has 20 heavy (non-hydrogen) atoms. The molecule has 2 N–H and O–H groups in total. The molecule has 0 saturated heterocycles. The Morgan fingerprint density at radius 2 is 1.55 bits per heavy atom. The van der Waals surface area contributed by atoms with E-state index in [1.165, 1.54) is 0 Å². The highest BCUT2D eigenvalue weighted by Crippen LogP contribution is 2.26. The molecule has 0 heterocycles. The van der Waals surface area contributed by atoms with Crippen molar-refractivity contribution in [1.29, 1.82) is 0 Å². The quantitative estimate of drug-likeness (QED) is 0.640. The minimum absolute atomic E-state index is 0.0492. The third-order valence-electron chi connectivity index (χ3n) is 3.39. The summed E-state index contributed by atoms with van der Waals surface area (Å²) in [6.45, 7) is 0. The first-order valence-corrected chi connectivity index (χ1v) is 7.08. The minimum Gasteiger partial charge on any atom is -0.481 e. The van der Waals surface area contributed by atoms with Gasteiger partial charge in [0.15, 0.2) is 0 Å². The van der Waals surface area contributed by atoms with Crippen molar-refractivity contribution in [3.8, 4) is 0 Å². The van der Waals surface area contributed by atoms with Gasteiger partial charge in [-0.1, -0.05) is 49.6 Å². The Bertz CT molecular complexity index is 414. The highest BCUT2D eigenvalue weighted by atomic mass is 16.4. The molecule has 1 rings (SSSR count). The van der Waals surface area contributed by atoms with E-state index in [-0.39, 0.29) is 18.8 Å². The maximum absolute atomic E-state index is 10.9. The second-order valence-electron chi connectivity index (χ2n) is 5.05. The average molecular weight is 278 g/mol. The normalized spacial score (nSPS) is 12.0. The summed E-state index contributed by atoms with van der Waals surface area (Å²) in [5, 5.41) is 17.5. The van der Waals surface area contributed by atoms with Gasteiger partial charge >= 0.3 is 11.9 Å². The lowest BCUT2D eigenvalue weighted by Crippen LogP contribution is -2.06. The fraction of sp³-hybridized carbons (Fsp3) is 0.500. The molecule has 0 aliphatic rings. The SMILES string of the molecule is O=C(O)CCCCCCC(CC(=O)O)c1ccccc1. The second-order valence-corrected chi connectivity index (χ2v) is 5.05. The summed E-state index contributed by atoms with van der Waals surface area (Å²) in [6, 6.07) is 9.72. The predicted octanol–water partition coefficient (Wildman–Crippen LogP) is 3.67. The van der Waals surface area contributed by atoms with E-state index in [9.17, 15) is 9.59 Å². The number of carbonyl (C=O) groups is 2. The molecule has 0 saturated carbocycles. The van der Waals surface area contributed by atoms with Crippen LogP contribution in [0.4, 0.5) is 0 Å². The summed E-state index contributed by atoms with van der Waals surface area (Å²) < 4.78 is 0. The number of hydrogen-bond donors (Lipinski definition) is 2. The van der Waals surface area contributed by atoms with Crippen molar-refractivity contribution in [3.05, 3.63) is 35.9 Å². The van der Waals surface area contributed by atoms with Crippen LogP contribution in [0.1, 0.15) is 56.4 Å². The van der Waals surface area contributed by atoms with E-state index in [0.29, 0.717) is 6.42 Å². The molecule has 0 aliphatic carbocycles. The zero-order valence-corrected chi connectivity index (χ0v) is 11.6.